The van der Waals surface area contributed by atoms with Gasteiger partial charge in [-0.2, -0.15) is 0 Å². The van der Waals surface area contributed by atoms with Crippen LogP contribution in [0, 0.1) is 5.92 Å². The van der Waals surface area contributed by atoms with Crippen LogP contribution in [0.15, 0.2) is 18.2 Å². The number of hydrogen-bond donors (Lipinski definition) is 3. The molecule has 1 aromatic rings. The molecule has 0 aromatic heterocycles. The van der Waals surface area contributed by atoms with Gasteiger partial charge >= 0.3 is 0 Å². The van der Waals surface area contributed by atoms with E-state index in [2.05, 4.69) is 10.6 Å². The Hall–Kier alpha value is -2.12. The molecule has 3 N–H and O–H groups in total. The van der Waals surface area contributed by atoms with Crippen LogP contribution >= 0.6 is 0 Å². The Morgan fingerprint density at radius 1 is 1.10 bits per heavy atom. The van der Waals surface area contributed by atoms with Crippen LogP contribution in [-0.4, -0.2) is 47.9 Å². The van der Waals surface area contributed by atoms with Gasteiger partial charge < -0.3 is 25.2 Å². The van der Waals surface area contributed by atoms with Crippen molar-refractivity contribution >= 4 is 17.5 Å². The highest BCUT2D eigenvalue weighted by Crippen LogP contribution is 2.47. The fourth-order valence-electron chi connectivity index (χ4n) is 5.45. The molecule has 2 aliphatic heterocycles. The van der Waals surface area contributed by atoms with Crippen LogP contribution in [-0.2, 0) is 14.3 Å². The maximum absolute atomic E-state index is 12.5. The molecule has 2 heterocycles. The highest BCUT2D eigenvalue weighted by atomic mass is 16.6. The molecule has 1 aromatic carbocycles. The molecule has 3 fully saturated rings. The molecule has 0 radical (unpaired) electrons. The predicted molar refractivity (Wildman–Crippen MR) is 115 cm³/mol. The van der Waals surface area contributed by atoms with Gasteiger partial charge in [-0.15, -0.1) is 0 Å². The first-order valence-electron chi connectivity index (χ1n) is 11.8. The van der Waals surface area contributed by atoms with Crippen molar-refractivity contribution in [3.05, 3.63) is 23.8 Å². The SMILES string of the molecule is O=C(C[C@H]1C[C@@H]2c3cc(NC(=O)C4CCC4)ccc3O[C@@H]2[C@H](CO)O1)NC1CCCC1. The lowest BCUT2D eigenvalue weighted by molar-refractivity contribution is -0.142. The number of carbonyl (C=O) groups excluding carboxylic acids is 2. The van der Waals surface area contributed by atoms with E-state index in [-0.39, 0.29) is 48.5 Å². The average Bonchev–Trinajstić information content (AvgIpc) is 3.33. The number of amides is 2. The summed E-state index contributed by atoms with van der Waals surface area (Å²) in [6, 6.07) is 6.04. The lowest BCUT2D eigenvalue weighted by Gasteiger charge is -2.37. The van der Waals surface area contributed by atoms with Crippen LogP contribution in [0.4, 0.5) is 5.69 Å². The molecule has 2 saturated carbocycles. The zero-order valence-corrected chi connectivity index (χ0v) is 17.8. The molecule has 2 aliphatic carbocycles. The second kappa shape index (κ2) is 8.79. The number of anilines is 1. The Kier molecular flexibility index (Phi) is 5.89. The summed E-state index contributed by atoms with van der Waals surface area (Å²) in [5.41, 5.74) is 1.81. The predicted octanol–water partition coefficient (Wildman–Crippen LogP) is 2.87. The summed E-state index contributed by atoms with van der Waals surface area (Å²) in [5, 5.41) is 16.1. The topological polar surface area (TPSA) is 96.9 Å². The summed E-state index contributed by atoms with van der Waals surface area (Å²) in [7, 11) is 0. The third-order valence-electron chi connectivity index (χ3n) is 7.38. The Bertz CT molecular complexity index is 833. The van der Waals surface area contributed by atoms with Crippen LogP contribution in [0.1, 0.15) is 69.3 Å². The van der Waals surface area contributed by atoms with E-state index in [9.17, 15) is 14.7 Å². The van der Waals surface area contributed by atoms with Crippen LogP contribution in [0.25, 0.3) is 0 Å². The van der Waals surface area contributed by atoms with Crippen LogP contribution in [0.2, 0.25) is 0 Å². The molecule has 4 aliphatic rings. The van der Waals surface area contributed by atoms with Gasteiger partial charge in [0.25, 0.3) is 0 Å². The lowest BCUT2D eigenvalue weighted by Crippen LogP contribution is -2.47. The van der Waals surface area contributed by atoms with E-state index in [0.717, 1.165) is 49.1 Å². The highest BCUT2D eigenvalue weighted by Gasteiger charge is 2.46. The fourth-order valence-corrected chi connectivity index (χ4v) is 5.45. The van der Waals surface area contributed by atoms with E-state index >= 15 is 0 Å². The van der Waals surface area contributed by atoms with Crippen molar-refractivity contribution in [2.45, 2.75) is 88.1 Å². The highest BCUT2D eigenvalue weighted by molar-refractivity contribution is 5.93. The van der Waals surface area contributed by atoms with Gasteiger partial charge in [0, 0.05) is 29.1 Å². The third-order valence-corrected chi connectivity index (χ3v) is 7.38. The van der Waals surface area contributed by atoms with E-state index in [1.54, 1.807) is 0 Å². The summed E-state index contributed by atoms with van der Waals surface area (Å²) >= 11 is 0. The first-order valence-corrected chi connectivity index (χ1v) is 11.8. The van der Waals surface area contributed by atoms with Gasteiger partial charge in [0.05, 0.1) is 19.1 Å². The van der Waals surface area contributed by atoms with E-state index in [1.807, 2.05) is 18.2 Å². The maximum atomic E-state index is 12.5. The number of nitrogens with one attached hydrogen (secondary N) is 2. The van der Waals surface area contributed by atoms with Crippen molar-refractivity contribution in [2.24, 2.45) is 5.92 Å². The van der Waals surface area contributed by atoms with E-state index in [4.69, 9.17) is 9.47 Å². The minimum Gasteiger partial charge on any atom is -0.487 e. The number of aliphatic hydroxyl groups excluding tert-OH is 1. The van der Waals surface area contributed by atoms with Crippen molar-refractivity contribution < 1.29 is 24.2 Å². The number of rotatable bonds is 6. The van der Waals surface area contributed by atoms with Crippen molar-refractivity contribution in [1.82, 2.24) is 5.32 Å². The molecule has 5 rings (SSSR count). The van der Waals surface area contributed by atoms with Gasteiger partial charge in [0.2, 0.25) is 11.8 Å². The number of benzene rings is 1. The molecule has 0 unspecified atom stereocenters. The van der Waals surface area contributed by atoms with E-state index in [1.165, 1.54) is 12.8 Å². The normalized spacial score (nSPS) is 30.1. The molecule has 7 nitrogen and oxygen atoms in total. The molecule has 1 saturated heterocycles. The molecular formula is C24H32N2O5. The summed E-state index contributed by atoms with van der Waals surface area (Å²) in [6.07, 6.45) is 7.46. The Morgan fingerprint density at radius 3 is 2.61 bits per heavy atom. The molecule has 4 atom stereocenters. The van der Waals surface area contributed by atoms with Crippen LogP contribution in [0.3, 0.4) is 0 Å². The van der Waals surface area contributed by atoms with Gasteiger partial charge in [-0.05, 0) is 50.3 Å². The van der Waals surface area contributed by atoms with Gasteiger partial charge in [0.1, 0.15) is 18.0 Å². The maximum Gasteiger partial charge on any atom is 0.227 e. The number of ether oxygens (including phenoxy) is 2. The van der Waals surface area contributed by atoms with Crippen molar-refractivity contribution in [1.29, 1.82) is 0 Å². The van der Waals surface area contributed by atoms with E-state index in [0.29, 0.717) is 12.8 Å². The summed E-state index contributed by atoms with van der Waals surface area (Å²) in [6.45, 7) is -0.152. The molecule has 0 bridgehead atoms. The largest absolute Gasteiger partial charge is 0.487 e. The zero-order valence-electron chi connectivity index (χ0n) is 17.8. The third kappa shape index (κ3) is 4.30. The van der Waals surface area contributed by atoms with Crippen molar-refractivity contribution in [2.75, 3.05) is 11.9 Å². The van der Waals surface area contributed by atoms with Crippen LogP contribution in [0.5, 0.6) is 5.75 Å². The molecular weight excluding hydrogens is 396 g/mol. The van der Waals surface area contributed by atoms with Gasteiger partial charge in [-0.3, -0.25) is 9.59 Å². The first kappa shape index (κ1) is 20.8. The Balaban J connectivity index is 1.27. The quantitative estimate of drug-likeness (QED) is 0.647. The number of aliphatic hydroxyl groups is 1. The zero-order chi connectivity index (χ0) is 21.4. The van der Waals surface area contributed by atoms with Crippen LogP contribution < -0.4 is 15.4 Å². The van der Waals surface area contributed by atoms with Gasteiger partial charge in [-0.25, -0.2) is 0 Å². The van der Waals surface area contributed by atoms with E-state index < -0.39 is 6.10 Å². The Labute approximate surface area is 182 Å². The van der Waals surface area contributed by atoms with Crippen molar-refractivity contribution in [3.8, 4) is 5.75 Å². The summed E-state index contributed by atoms with van der Waals surface area (Å²) in [5.74, 6) is 1.04. The Morgan fingerprint density at radius 2 is 1.90 bits per heavy atom. The fraction of sp³-hybridized carbons (Fsp3) is 0.667. The summed E-state index contributed by atoms with van der Waals surface area (Å²) < 4.78 is 12.2. The molecule has 7 heteroatoms. The minimum atomic E-state index is -0.469. The standard InChI is InChI=1S/C24H32N2O5/c27-13-21-23-19(11-17(30-21)12-22(28)25-15-6-1-2-7-15)18-10-16(8-9-20(18)31-23)26-24(29)14-4-3-5-14/h8-10,14-15,17,19,21,23,27H,1-7,11-13H2,(H,25,28)(H,26,29)/t17-,19-,21+,23+/m1/s1. The number of hydrogen-bond acceptors (Lipinski definition) is 5. The monoisotopic (exact) mass is 428 g/mol. The first-order chi connectivity index (χ1) is 15.1. The number of carbonyl (C=O) groups is 2. The van der Waals surface area contributed by atoms with Gasteiger partial charge in [0.15, 0.2) is 0 Å². The molecule has 31 heavy (non-hydrogen) atoms. The minimum absolute atomic E-state index is 0.0210. The van der Waals surface area contributed by atoms with Gasteiger partial charge in [-0.1, -0.05) is 19.3 Å². The number of fused-ring (bicyclic) bond motifs is 3. The average molecular weight is 429 g/mol. The summed E-state index contributed by atoms with van der Waals surface area (Å²) in [4.78, 5) is 24.9. The molecule has 168 valence electrons. The molecule has 2 amide bonds. The smallest absolute Gasteiger partial charge is 0.227 e. The second-order valence-electron chi connectivity index (χ2n) is 9.53. The lowest BCUT2D eigenvalue weighted by atomic mass is 9.83. The molecule has 0 spiro atoms. The second-order valence-corrected chi connectivity index (χ2v) is 9.53. The van der Waals surface area contributed by atoms with Crippen molar-refractivity contribution in [3.63, 3.8) is 0 Å².